The number of anilines is 1. The summed E-state index contributed by atoms with van der Waals surface area (Å²) < 4.78 is 5.16. The van der Waals surface area contributed by atoms with Crippen LogP contribution in [0.4, 0.5) is 5.69 Å². The predicted molar refractivity (Wildman–Crippen MR) is 99.3 cm³/mol. The molecule has 0 atom stereocenters. The summed E-state index contributed by atoms with van der Waals surface area (Å²) in [6, 6.07) is 5.96. The maximum Gasteiger partial charge on any atom is 0.223 e. The van der Waals surface area contributed by atoms with Crippen LogP contribution in [0.2, 0.25) is 5.02 Å². The lowest BCUT2D eigenvalue weighted by Gasteiger charge is -2.37. The quantitative estimate of drug-likeness (QED) is 0.835. The Kier molecular flexibility index (Phi) is 5.33. The van der Waals surface area contributed by atoms with Crippen molar-refractivity contribution in [3.63, 3.8) is 0 Å². The van der Waals surface area contributed by atoms with Crippen molar-refractivity contribution in [2.24, 2.45) is 0 Å². The Hall–Kier alpha value is -2.01. The first-order chi connectivity index (χ1) is 12.0. The van der Waals surface area contributed by atoms with Gasteiger partial charge in [0.05, 0.1) is 5.69 Å². The van der Waals surface area contributed by atoms with Gasteiger partial charge in [0.15, 0.2) is 0 Å². The van der Waals surface area contributed by atoms with E-state index in [2.05, 4.69) is 17.0 Å². The number of benzene rings is 1. The van der Waals surface area contributed by atoms with Gasteiger partial charge in [-0.15, -0.1) is 0 Å². The second-order valence-corrected chi connectivity index (χ2v) is 7.04. The van der Waals surface area contributed by atoms with Crippen molar-refractivity contribution in [2.45, 2.75) is 33.6 Å². The molecule has 0 saturated carbocycles. The summed E-state index contributed by atoms with van der Waals surface area (Å²) in [5.74, 6) is 1.01. The van der Waals surface area contributed by atoms with E-state index >= 15 is 0 Å². The number of rotatable bonds is 4. The number of nitrogens with zero attached hydrogens (tertiary/aromatic N) is 3. The van der Waals surface area contributed by atoms with Crippen LogP contribution in [0.5, 0.6) is 0 Å². The van der Waals surface area contributed by atoms with E-state index in [1.54, 1.807) is 0 Å². The normalized spacial score (nSPS) is 14.9. The number of amides is 1. The number of aromatic nitrogens is 1. The van der Waals surface area contributed by atoms with E-state index in [9.17, 15) is 4.79 Å². The predicted octanol–water partition coefficient (Wildman–Crippen LogP) is 3.53. The van der Waals surface area contributed by atoms with Crippen LogP contribution < -0.4 is 4.90 Å². The third-order valence-corrected chi connectivity index (χ3v) is 5.15. The number of aryl methyl sites for hydroxylation is 3. The molecule has 1 amide bonds. The van der Waals surface area contributed by atoms with Gasteiger partial charge in [-0.25, -0.2) is 0 Å². The fraction of sp³-hybridized carbons (Fsp3) is 0.474. The molecule has 134 valence electrons. The molecule has 0 N–H and O–H groups in total. The molecule has 0 radical (unpaired) electrons. The van der Waals surface area contributed by atoms with Crippen LogP contribution in [0.15, 0.2) is 22.7 Å². The van der Waals surface area contributed by atoms with Crippen molar-refractivity contribution in [1.29, 1.82) is 0 Å². The number of hydrogen-bond acceptors (Lipinski definition) is 4. The highest BCUT2D eigenvalue weighted by Gasteiger charge is 2.22. The summed E-state index contributed by atoms with van der Waals surface area (Å²) >= 11 is 6.13. The van der Waals surface area contributed by atoms with Gasteiger partial charge >= 0.3 is 0 Å². The molecule has 1 aromatic heterocycles. The van der Waals surface area contributed by atoms with Crippen LogP contribution in [0.3, 0.4) is 0 Å². The lowest BCUT2D eigenvalue weighted by molar-refractivity contribution is -0.131. The number of carbonyl (C=O) groups is 1. The first-order valence-corrected chi connectivity index (χ1v) is 9.04. The molecule has 1 aromatic carbocycles. The molecule has 0 unspecified atom stereocenters. The fourth-order valence-electron chi connectivity index (χ4n) is 3.37. The first kappa shape index (κ1) is 17.8. The zero-order valence-electron chi connectivity index (χ0n) is 15.0. The maximum atomic E-state index is 12.5. The van der Waals surface area contributed by atoms with Gasteiger partial charge in [0.25, 0.3) is 0 Å². The number of carbonyl (C=O) groups excluding carboxylic acids is 1. The lowest BCUT2D eigenvalue weighted by Crippen LogP contribution is -2.49. The zero-order chi connectivity index (χ0) is 18.0. The highest BCUT2D eigenvalue weighted by atomic mass is 35.5. The molecular formula is C19H24ClN3O2. The monoisotopic (exact) mass is 361 g/mol. The second-order valence-electron chi connectivity index (χ2n) is 6.60. The van der Waals surface area contributed by atoms with Crippen molar-refractivity contribution in [3.05, 3.63) is 45.8 Å². The number of halogens is 1. The second kappa shape index (κ2) is 7.48. The van der Waals surface area contributed by atoms with Crippen molar-refractivity contribution in [2.75, 3.05) is 31.1 Å². The molecule has 0 spiro atoms. The molecule has 25 heavy (non-hydrogen) atoms. The molecule has 6 heteroatoms. The third-order valence-electron chi connectivity index (χ3n) is 4.91. The van der Waals surface area contributed by atoms with Gasteiger partial charge < -0.3 is 14.3 Å². The number of piperazine rings is 1. The van der Waals surface area contributed by atoms with Crippen LogP contribution >= 0.6 is 11.6 Å². The largest absolute Gasteiger partial charge is 0.368 e. The van der Waals surface area contributed by atoms with E-state index in [0.29, 0.717) is 12.8 Å². The Morgan fingerprint density at radius 1 is 1.20 bits per heavy atom. The molecular weight excluding hydrogens is 338 g/mol. The Morgan fingerprint density at radius 2 is 1.92 bits per heavy atom. The smallest absolute Gasteiger partial charge is 0.223 e. The van der Waals surface area contributed by atoms with Crippen molar-refractivity contribution in [3.8, 4) is 0 Å². The van der Waals surface area contributed by atoms with Crippen molar-refractivity contribution >= 4 is 23.2 Å². The van der Waals surface area contributed by atoms with E-state index < -0.39 is 0 Å². The summed E-state index contributed by atoms with van der Waals surface area (Å²) in [4.78, 5) is 16.8. The molecule has 2 heterocycles. The van der Waals surface area contributed by atoms with Crippen LogP contribution in [0.1, 0.15) is 29.0 Å². The average molecular weight is 362 g/mol. The lowest BCUT2D eigenvalue weighted by atomic mass is 10.1. The topological polar surface area (TPSA) is 49.6 Å². The molecule has 2 aromatic rings. The Morgan fingerprint density at radius 3 is 2.56 bits per heavy atom. The molecule has 1 aliphatic heterocycles. The van der Waals surface area contributed by atoms with Gasteiger partial charge in [-0.2, -0.15) is 0 Å². The SMILES string of the molecule is Cc1ccc(Cl)cc1N1CCN(C(=O)CCc2c(C)noc2C)CC1. The van der Waals surface area contributed by atoms with Crippen LogP contribution in [-0.4, -0.2) is 42.1 Å². The molecule has 0 bridgehead atoms. The van der Waals surface area contributed by atoms with Crippen LogP contribution in [0.25, 0.3) is 0 Å². The summed E-state index contributed by atoms with van der Waals surface area (Å²) in [6.07, 6.45) is 1.19. The van der Waals surface area contributed by atoms with E-state index in [4.69, 9.17) is 16.1 Å². The van der Waals surface area contributed by atoms with E-state index in [-0.39, 0.29) is 5.91 Å². The summed E-state index contributed by atoms with van der Waals surface area (Å²) in [5.41, 5.74) is 4.31. The Bertz CT molecular complexity index is 745. The van der Waals surface area contributed by atoms with Gasteiger partial charge in [-0.3, -0.25) is 4.79 Å². The Balaban J connectivity index is 1.55. The third kappa shape index (κ3) is 3.98. The van der Waals surface area contributed by atoms with E-state index in [1.807, 2.05) is 36.9 Å². The Labute approximate surface area is 153 Å². The van der Waals surface area contributed by atoms with Gasteiger partial charge in [0.2, 0.25) is 5.91 Å². The van der Waals surface area contributed by atoms with Crippen LogP contribution in [0, 0.1) is 20.8 Å². The standard InChI is InChI=1S/C19H24ClN3O2/c1-13-4-5-16(20)12-18(13)22-8-10-23(11-9-22)19(24)7-6-17-14(2)21-25-15(17)3/h4-5,12H,6-11H2,1-3H3. The summed E-state index contributed by atoms with van der Waals surface area (Å²) in [7, 11) is 0. The van der Waals surface area contributed by atoms with Crippen LogP contribution in [-0.2, 0) is 11.2 Å². The molecule has 1 aliphatic rings. The zero-order valence-corrected chi connectivity index (χ0v) is 15.8. The molecule has 1 fully saturated rings. The number of hydrogen-bond donors (Lipinski definition) is 0. The summed E-state index contributed by atoms with van der Waals surface area (Å²) in [6.45, 7) is 9.05. The highest BCUT2D eigenvalue weighted by molar-refractivity contribution is 6.30. The van der Waals surface area contributed by atoms with Gasteiger partial charge in [0.1, 0.15) is 5.76 Å². The van der Waals surface area contributed by atoms with Gasteiger partial charge in [0, 0.05) is 48.9 Å². The minimum absolute atomic E-state index is 0.197. The van der Waals surface area contributed by atoms with Crippen molar-refractivity contribution < 1.29 is 9.32 Å². The molecule has 5 nitrogen and oxygen atoms in total. The van der Waals surface area contributed by atoms with E-state index in [1.165, 1.54) is 5.56 Å². The van der Waals surface area contributed by atoms with E-state index in [0.717, 1.165) is 53.9 Å². The first-order valence-electron chi connectivity index (χ1n) is 8.66. The maximum absolute atomic E-state index is 12.5. The van der Waals surface area contributed by atoms with Gasteiger partial charge in [-0.05, 0) is 44.9 Å². The fourth-order valence-corrected chi connectivity index (χ4v) is 3.54. The van der Waals surface area contributed by atoms with Crippen molar-refractivity contribution in [1.82, 2.24) is 10.1 Å². The summed E-state index contributed by atoms with van der Waals surface area (Å²) in [5, 5.41) is 4.70. The minimum Gasteiger partial charge on any atom is -0.368 e. The van der Waals surface area contributed by atoms with Gasteiger partial charge in [-0.1, -0.05) is 22.8 Å². The average Bonchev–Trinajstić information content (AvgIpc) is 2.93. The minimum atomic E-state index is 0.197. The molecule has 1 saturated heterocycles. The molecule has 3 rings (SSSR count). The highest BCUT2D eigenvalue weighted by Crippen LogP contribution is 2.25. The molecule has 0 aliphatic carbocycles.